The number of nitrogens with zero attached hydrogens (tertiary/aromatic N) is 2. The van der Waals surface area contributed by atoms with E-state index >= 15 is 0 Å². The van der Waals surface area contributed by atoms with Crippen molar-refractivity contribution < 1.29 is 24.1 Å². The second kappa shape index (κ2) is 9.46. The van der Waals surface area contributed by atoms with E-state index < -0.39 is 22.0 Å². The first-order valence-corrected chi connectivity index (χ1v) is 12.4. The fraction of sp³-hybridized carbons (Fsp3) is 0.304. The lowest BCUT2D eigenvalue weighted by atomic mass is 10.2. The van der Waals surface area contributed by atoms with E-state index in [2.05, 4.69) is 4.98 Å². The quantitative estimate of drug-likeness (QED) is 0.445. The van der Waals surface area contributed by atoms with Gasteiger partial charge >= 0.3 is 5.97 Å². The Hall–Kier alpha value is -2.39. The van der Waals surface area contributed by atoms with Gasteiger partial charge in [-0.2, -0.15) is 4.31 Å². The Labute approximate surface area is 203 Å². The summed E-state index contributed by atoms with van der Waals surface area (Å²) in [7, 11) is -2.99. The van der Waals surface area contributed by atoms with Crippen molar-refractivity contribution in [1.82, 2.24) is 9.29 Å². The average Bonchev–Trinajstić information content (AvgIpc) is 3.32. The van der Waals surface area contributed by atoms with Gasteiger partial charge in [0, 0.05) is 28.2 Å². The number of fused-ring (bicyclic) bond motifs is 1. The molecule has 3 aromatic rings. The number of rotatable bonds is 6. The van der Waals surface area contributed by atoms with E-state index in [9.17, 15) is 13.2 Å². The molecule has 0 amide bonds. The van der Waals surface area contributed by atoms with Gasteiger partial charge in [-0.15, -0.1) is 0 Å². The van der Waals surface area contributed by atoms with Crippen LogP contribution in [-0.2, 0) is 26.2 Å². The summed E-state index contributed by atoms with van der Waals surface area (Å²) in [5.74, 6) is -0.169. The summed E-state index contributed by atoms with van der Waals surface area (Å²) in [6, 6.07) is 9.20. The van der Waals surface area contributed by atoms with Crippen molar-refractivity contribution in [1.29, 1.82) is 0 Å². The molecule has 33 heavy (non-hydrogen) atoms. The van der Waals surface area contributed by atoms with Crippen molar-refractivity contribution in [2.45, 2.75) is 37.3 Å². The van der Waals surface area contributed by atoms with Gasteiger partial charge in [0.1, 0.15) is 28.8 Å². The minimum absolute atomic E-state index is 0.0146. The van der Waals surface area contributed by atoms with Gasteiger partial charge in [-0.3, -0.25) is 4.79 Å². The van der Waals surface area contributed by atoms with Gasteiger partial charge in [-0.05, 0) is 44.0 Å². The molecule has 0 spiro atoms. The second-order valence-electron chi connectivity index (χ2n) is 7.63. The van der Waals surface area contributed by atoms with Crippen LogP contribution in [0.1, 0.15) is 25.5 Å². The van der Waals surface area contributed by atoms with Crippen LogP contribution in [0, 0.1) is 6.92 Å². The summed E-state index contributed by atoms with van der Waals surface area (Å²) in [5, 5.41) is 0.709. The second-order valence-corrected chi connectivity index (χ2v) is 10.2. The van der Waals surface area contributed by atoms with Crippen LogP contribution >= 0.6 is 23.2 Å². The number of hydrogen-bond acceptors (Lipinski definition) is 6. The summed E-state index contributed by atoms with van der Waals surface area (Å²) < 4.78 is 46.9. The zero-order chi connectivity index (χ0) is 24.6. The molecule has 174 valence electrons. The van der Waals surface area contributed by atoms with E-state index in [0.717, 1.165) is 21.5 Å². The average molecular weight is 510 g/mol. The molecular formula is C23H22Cl2N2O5S. The summed E-state index contributed by atoms with van der Waals surface area (Å²) in [5.41, 5.74) is 1.61. The van der Waals surface area contributed by atoms with Gasteiger partial charge in [0.25, 0.3) is 0 Å². The number of esters is 1. The Morgan fingerprint density at radius 2 is 2.06 bits per heavy atom. The van der Waals surface area contributed by atoms with Gasteiger partial charge in [0.2, 0.25) is 10.0 Å². The summed E-state index contributed by atoms with van der Waals surface area (Å²) in [4.78, 5) is 16.3. The maximum atomic E-state index is 13.4. The Bertz CT molecular complexity index is 1380. The molecule has 4 rings (SSSR count). The summed E-state index contributed by atoms with van der Waals surface area (Å²) >= 11 is 12.9. The number of sulfonamides is 1. The lowest BCUT2D eigenvalue weighted by Gasteiger charge is -2.23. The number of carbonyl (C=O) groups excluding carboxylic acids is 1. The normalized spacial score (nSPS) is 17.2. The number of methoxy groups -OCH3 is 1. The number of benzene rings is 2. The molecule has 1 aliphatic heterocycles. The Morgan fingerprint density at radius 3 is 2.82 bits per heavy atom. The van der Waals surface area contributed by atoms with Gasteiger partial charge in [0.15, 0.2) is 0 Å². The van der Waals surface area contributed by atoms with E-state index in [1.807, 2.05) is 31.2 Å². The summed E-state index contributed by atoms with van der Waals surface area (Å²) in [6.07, 6.45) is 0.843. The molecule has 1 aromatic heterocycles. The van der Waals surface area contributed by atoms with Crippen LogP contribution in [0.5, 0.6) is 5.75 Å². The fourth-order valence-electron chi connectivity index (χ4n) is 3.85. The molecule has 0 saturated carbocycles. The number of halogens is 2. The third-order valence-corrected chi connectivity index (χ3v) is 8.35. The van der Waals surface area contributed by atoms with E-state index in [0.29, 0.717) is 24.1 Å². The van der Waals surface area contributed by atoms with Crippen molar-refractivity contribution in [2.75, 3.05) is 13.7 Å². The van der Waals surface area contributed by atoms with Crippen LogP contribution < -0.4 is 4.74 Å². The highest BCUT2D eigenvalue weighted by atomic mass is 35.5. The fourth-order valence-corrected chi connectivity index (χ4v) is 6.30. The number of aryl methyl sites for hydroxylation is 1. The zero-order valence-corrected chi connectivity index (χ0v) is 20.3. The van der Waals surface area contributed by atoms with Crippen LogP contribution in [-0.4, -0.2) is 43.4 Å². The van der Waals surface area contributed by atoms with Crippen molar-refractivity contribution in [3.63, 3.8) is 0 Å². The Morgan fingerprint density at radius 1 is 1.27 bits per heavy atom. The highest BCUT2D eigenvalue weighted by Gasteiger charge is 2.41. The van der Waals surface area contributed by atoms with E-state index in [4.69, 9.17) is 34.0 Å². The van der Waals surface area contributed by atoms with Crippen LogP contribution in [0.25, 0.3) is 10.9 Å². The number of aromatic nitrogens is 1. The number of carbonyl (C=O) groups is 1. The largest absolute Gasteiger partial charge is 0.487 e. The molecule has 1 atom stereocenters. The molecule has 1 fully saturated rings. The Balaban J connectivity index is 1.72. The van der Waals surface area contributed by atoms with Crippen molar-refractivity contribution in [2.24, 2.45) is 0 Å². The van der Waals surface area contributed by atoms with Crippen LogP contribution in [0.2, 0.25) is 10.0 Å². The molecule has 1 aliphatic rings. The molecule has 0 radical (unpaired) electrons. The molecule has 2 heterocycles. The first kappa shape index (κ1) is 22.4. The SMILES string of the molecule is [2H]c1cc(S(=O)(=O)N2CCC[C@H]2C(=O)OC)c(Cl)c(COc2cccc3ccc(C)nc23)c1Cl. The van der Waals surface area contributed by atoms with Gasteiger partial charge in [-0.1, -0.05) is 41.4 Å². The molecular weight excluding hydrogens is 487 g/mol. The molecule has 10 heteroatoms. The monoisotopic (exact) mass is 509 g/mol. The molecule has 0 unspecified atom stereocenters. The number of hydrogen-bond donors (Lipinski definition) is 0. The minimum atomic E-state index is -4.20. The number of para-hydroxylation sites is 1. The molecule has 1 saturated heterocycles. The molecule has 0 bridgehead atoms. The number of pyridine rings is 1. The first-order valence-electron chi connectivity index (χ1n) is 10.7. The zero-order valence-electron chi connectivity index (χ0n) is 19.0. The van der Waals surface area contributed by atoms with Crippen molar-refractivity contribution in [3.8, 4) is 5.75 Å². The number of ether oxygens (including phenoxy) is 2. The third kappa shape index (κ3) is 4.53. The smallest absolute Gasteiger partial charge is 0.324 e. The highest BCUT2D eigenvalue weighted by Crippen LogP contribution is 2.36. The van der Waals surface area contributed by atoms with Crippen LogP contribution in [0.4, 0.5) is 0 Å². The lowest BCUT2D eigenvalue weighted by Crippen LogP contribution is -2.41. The highest BCUT2D eigenvalue weighted by molar-refractivity contribution is 7.89. The topological polar surface area (TPSA) is 85.8 Å². The Kier molecular flexibility index (Phi) is 6.42. The first-order chi connectivity index (χ1) is 16.1. The van der Waals surface area contributed by atoms with Gasteiger partial charge in [-0.25, -0.2) is 13.4 Å². The maximum Gasteiger partial charge on any atom is 0.324 e. The van der Waals surface area contributed by atoms with Gasteiger partial charge in [0.05, 0.1) is 13.5 Å². The van der Waals surface area contributed by atoms with Crippen molar-refractivity contribution in [3.05, 3.63) is 63.7 Å². The summed E-state index contributed by atoms with van der Waals surface area (Å²) in [6.45, 7) is 1.83. The molecule has 7 nitrogen and oxygen atoms in total. The molecule has 2 aromatic carbocycles. The maximum absolute atomic E-state index is 13.4. The standard InChI is InChI=1S/C23H22Cl2N2O5S/c1-14-8-9-15-5-3-7-19(22(15)26-14)32-13-16-17(24)10-11-20(21(16)25)33(29,30)27-12-4-6-18(27)23(28)31-2/h3,5,7-11,18H,4,6,12-13H2,1-2H3/t18-/m0/s1/i10D. The third-order valence-electron chi connectivity index (χ3n) is 5.53. The van der Waals surface area contributed by atoms with E-state index in [-0.39, 0.29) is 39.7 Å². The van der Waals surface area contributed by atoms with Crippen LogP contribution in [0.15, 0.2) is 47.3 Å². The molecule has 0 N–H and O–H groups in total. The molecule has 0 aliphatic carbocycles. The lowest BCUT2D eigenvalue weighted by molar-refractivity contribution is -0.144. The van der Waals surface area contributed by atoms with E-state index in [1.165, 1.54) is 7.11 Å². The van der Waals surface area contributed by atoms with Crippen LogP contribution in [0.3, 0.4) is 0 Å². The van der Waals surface area contributed by atoms with Crippen molar-refractivity contribution >= 4 is 50.1 Å². The van der Waals surface area contributed by atoms with E-state index in [1.54, 1.807) is 6.07 Å². The van der Waals surface area contributed by atoms with Gasteiger partial charge < -0.3 is 9.47 Å². The minimum Gasteiger partial charge on any atom is -0.487 e. The predicted octanol–water partition coefficient (Wildman–Crippen LogP) is 4.76. The predicted molar refractivity (Wildman–Crippen MR) is 126 cm³/mol.